The Kier molecular flexibility index (Phi) is 7.14. The number of alkyl halides is 3. The van der Waals surface area contributed by atoms with Crippen molar-refractivity contribution in [2.45, 2.75) is 19.7 Å². The number of ether oxygens (including phenoxy) is 1. The Morgan fingerprint density at radius 3 is 2.60 bits per heavy atom. The summed E-state index contributed by atoms with van der Waals surface area (Å²) in [7, 11) is 1.64. The lowest BCUT2D eigenvalue weighted by Crippen LogP contribution is -2.16. The van der Waals surface area contributed by atoms with Crippen molar-refractivity contribution in [3.63, 3.8) is 0 Å². The van der Waals surface area contributed by atoms with Gasteiger partial charge < -0.3 is 20.2 Å². The van der Waals surface area contributed by atoms with Crippen LogP contribution in [-0.4, -0.2) is 26.6 Å². The summed E-state index contributed by atoms with van der Waals surface area (Å²) in [4.78, 5) is 29.0. The number of aryl methyl sites for hydroxylation is 1. The van der Waals surface area contributed by atoms with Gasteiger partial charge >= 0.3 is 6.18 Å². The zero-order chi connectivity index (χ0) is 28.8. The van der Waals surface area contributed by atoms with Crippen LogP contribution < -0.4 is 15.8 Å². The Balaban J connectivity index is 1.54. The number of halogens is 4. The molecule has 0 saturated heterocycles. The van der Waals surface area contributed by atoms with E-state index in [0.717, 1.165) is 10.5 Å². The molecule has 0 bridgehead atoms. The molecule has 2 amide bonds. The number of anilines is 1. The van der Waals surface area contributed by atoms with E-state index in [1.165, 1.54) is 16.9 Å². The van der Waals surface area contributed by atoms with Crippen molar-refractivity contribution in [3.8, 4) is 16.9 Å². The number of pyridine rings is 1. The van der Waals surface area contributed by atoms with Crippen molar-refractivity contribution in [1.82, 2.24) is 14.8 Å². The number of nitrogens with two attached hydrogens (primary N) is 1. The minimum Gasteiger partial charge on any atom is -0.484 e. The Morgan fingerprint density at radius 1 is 1.20 bits per heavy atom. The zero-order valence-corrected chi connectivity index (χ0v) is 23.2. The molecule has 0 radical (unpaired) electrons. The van der Waals surface area contributed by atoms with E-state index in [1.54, 1.807) is 32.2 Å². The van der Waals surface area contributed by atoms with Gasteiger partial charge in [-0.15, -0.1) is 11.3 Å². The molecular formula is C26H19BrF3N5O4S. The predicted molar refractivity (Wildman–Crippen MR) is 145 cm³/mol. The first-order chi connectivity index (χ1) is 18.9. The number of furan rings is 1. The number of nitrogens with one attached hydrogen (secondary N) is 1. The van der Waals surface area contributed by atoms with Gasteiger partial charge in [0.25, 0.3) is 11.8 Å². The SMILES string of the molecule is Cc1c(-c2cc(C(F)(F)F)nc3sc(C(N)=O)c(NC(=O)c4ccc(COc5ccccc5Br)o4)c23)cnn1C. The Hall–Kier alpha value is -4.17. The summed E-state index contributed by atoms with van der Waals surface area (Å²) < 4.78 is 54.8. The lowest BCUT2D eigenvalue weighted by Gasteiger charge is -2.12. The molecule has 0 spiro atoms. The third-order valence-corrected chi connectivity index (χ3v) is 7.79. The fourth-order valence-corrected chi connectivity index (χ4v) is 5.38. The third-order valence-electron chi connectivity index (χ3n) is 6.03. The maximum atomic E-state index is 13.7. The molecule has 3 N–H and O–H groups in total. The second-order valence-electron chi connectivity index (χ2n) is 8.61. The van der Waals surface area contributed by atoms with Crippen LogP contribution in [0, 0.1) is 6.92 Å². The van der Waals surface area contributed by atoms with E-state index in [4.69, 9.17) is 14.9 Å². The van der Waals surface area contributed by atoms with Crippen LogP contribution in [0.15, 0.2) is 57.6 Å². The summed E-state index contributed by atoms with van der Waals surface area (Å²) in [6.07, 6.45) is -3.36. The number of fused-ring (bicyclic) bond motifs is 1. The van der Waals surface area contributed by atoms with Crippen LogP contribution in [-0.2, 0) is 19.8 Å². The largest absolute Gasteiger partial charge is 0.484 e. The molecule has 0 fully saturated rings. The molecule has 206 valence electrons. The maximum Gasteiger partial charge on any atom is 0.433 e. The van der Waals surface area contributed by atoms with Gasteiger partial charge in [-0.3, -0.25) is 14.3 Å². The molecule has 5 aromatic rings. The summed E-state index contributed by atoms with van der Waals surface area (Å²) in [5.41, 5.74) is 5.35. The number of para-hydroxylation sites is 1. The molecule has 4 aromatic heterocycles. The van der Waals surface area contributed by atoms with Gasteiger partial charge in [-0.05, 0) is 58.7 Å². The van der Waals surface area contributed by atoms with Crippen LogP contribution in [0.2, 0.25) is 0 Å². The van der Waals surface area contributed by atoms with E-state index in [1.807, 2.05) is 12.1 Å². The molecule has 5 rings (SSSR count). The van der Waals surface area contributed by atoms with Gasteiger partial charge in [0.05, 0.1) is 16.4 Å². The standard InChI is InChI=1S/C26H19BrF3N5O4S/c1-12-15(10-32-35(12)2)14-9-19(26(28,29)30)33-25-20(14)21(22(40-25)23(31)36)34-24(37)18-8-7-13(39-18)11-38-17-6-4-3-5-16(17)27/h3-10H,11H2,1-2H3,(H2,31,36)(H,34,37). The number of carbonyl (C=O) groups excluding carboxylic acids is 2. The number of hydrogen-bond donors (Lipinski definition) is 2. The summed E-state index contributed by atoms with van der Waals surface area (Å²) in [6, 6.07) is 11.0. The fourth-order valence-electron chi connectivity index (χ4n) is 3.98. The van der Waals surface area contributed by atoms with E-state index in [-0.39, 0.29) is 38.7 Å². The van der Waals surface area contributed by atoms with E-state index >= 15 is 0 Å². The summed E-state index contributed by atoms with van der Waals surface area (Å²) >= 11 is 4.03. The first-order valence-corrected chi connectivity index (χ1v) is 13.2. The minimum atomic E-state index is -4.76. The highest BCUT2D eigenvalue weighted by atomic mass is 79.9. The van der Waals surface area contributed by atoms with Gasteiger partial charge in [-0.1, -0.05) is 12.1 Å². The highest BCUT2D eigenvalue weighted by molar-refractivity contribution is 9.10. The van der Waals surface area contributed by atoms with Crippen LogP contribution in [0.25, 0.3) is 21.3 Å². The quantitative estimate of drug-likeness (QED) is 0.216. The summed E-state index contributed by atoms with van der Waals surface area (Å²) in [5, 5.41) is 6.86. The predicted octanol–water partition coefficient (Wildman–Crippen LogP) is 6.31. The van der Waals surface area contributed by atoms with Crippen molar-refractivity contribution >= 4 is 55.0 Å². The van der Waals surface area contributed by atoms with Gasteiger partial charge in [-0.25, -0.2) is 4.98 Å². The molecule has 0 aliphatic carbocycles. The molecule has 4 heterocycles. The molecule has 40 heavy (non-hydrogen) atoms. The van der Waals surface area contributed by atoms with Crippen LogP contribution >= 0.6 is 27.3 Å². The van der Waals surface area contributed by atoms with Gasteiger partial charge in [0.1, 0.15) is 33.5 Å². The molecule has 9 nitrogen and oxygen atoms in total. The lowest BCUT2D eigenvalue weighted by atomic mass is 10.0. The number of amides is 2. The molecule has 0 unspecified atom stereocenters. The van der Waals surface area contributed by atoms with Crippen molar-refractivity contribution in [2.24, 2.45) is 12.8 Å². The summed E-state index contributed by atoms with van der Waals surface area (Å²) in [5.74, 6) is -0.885. The average molecular weight is 634 g/mol. The number of hydrogen-bond acceptors (Lipinski definition) is 7. The van der Waals surface area contributed by atoms with Crippen molar-refractivity contribution in [3.05, 3.63) is 80.9 Å². The molecule has 0 aliphatic heterocycles. The Labute approximate surface area is 236 Å². The van der Waals surface area contributed by atoms with E-state index in [2.05, 4.69) is 31.3 Å². The third kappa shape index (κ3) is 5.19. The van der Waals surface area contributed by atoms with Crippen LogP contribution in [0.4, 0.5) is 18.9 Å². The maximum absolute atomic E-state index is 13.7. The number of primary amides is 1. The van der Waals surface area contributed by atoms with Crippen molar-refractivity contribution < 1.29 is 31.9 Å². The second kappa shape index (κ2) is 10.4. The second-order valence-corrected chi connectivity index (χ2v) is 10.5. The number of rotatable bonds is 7. The normalized spacial score (nSPS) is 11.7. The van der Waals surface area contributed by atoms with E-state index < -0.39 is 23.7 Å². The first-order valence-electron chi connectivity index (χ1n) is 11.5. The number of benzene rings is 1. The topological polar surface area (TPSA) is 125 Å². The molecule has 0 aliphatic rings. The highest BCUT2D eigenvalue weighted by Gasteiger charge is 2.35. The number of nitrogens with zero attached hydrogens (tertiary/aromatic N) is 3. The first kappa shape index (κ1) is 27.4. The number of thiophene rings is 1. The number of aromatic nitrogens is 3. The fraction of sp³-hybridized carbons (Fsp3) is 0.154. The van der Waals surface area contributed by atoms with Gasteiger partial charge in [0.2, 0.25) is 0 Å². The van der Waals surface area contributed by atoms with E-state index in [0.29, 0.717) is 34.1 Å². The Morgan fingerprint density at radius 2 is 1.95 bits per heavy atom. The zero-order valence-electron chi connectivity index (χ0n) is 20.8. The average Bonchev–Trinajstić information content (AvgIpc) is 3.61. The van der Waals surface area contributed by atoms with Gasteiger partial charge in [0, 0.05) is 23.7 Å². The van der Waals surface area contributed by atoms with Crippen LogP contribution in [0.3, 0.4) is 0 Å². The monoisotopic (exact) mass is 633 g/mol. The lowest BCUT2D eigenvalue weighted by molar-refractivity contribution is -0.140. The van der Waals surface area contributed by atoms with Gasteiger partial charge in [-0.2, -0.15) is 18.3 Å². The Bertz CT molecular complexity index is 1780. The van der Waals surface area contributed by atoms with Crippen LogP contribution in [0.5, 0.6) is 5.75 Å². The molecule has 14 heteroatoms. The van der Waals surface area contributed by atoms with Crippen molar-refractivity contribution in [1.29, 1.82) is 0 Å². The molecular weight excluding hydrogens is 615 g/mol. The highest BCUT2D eigenvalue weighted by Crippen LogP contribution is 2.44. The minimum absolute atomic E-state index is 0.0262. The summed E-state index contributed by atoms with van der Waals surface area (Å²) in [6.45, 7) is 1.71. The van der Waals surface area contributed by atoms with Gasteiger partial charge in [0.15, 0.2) is 5.76 Å². The molecule has 0 atom stereocenters. The van der Waals surface area contributed by atoms with Crippen molar-refractivity contribution in [2.75, 3.05) is 5.32 Å². The number of carbonyl (C=O) groups is 2. The van der Waals surface area contributed by atoms with Crippen LogP contribution in [0.1, 0.15) is 37.4 Å². The van der Waals surface area contributed by atoms with E-state index in [9.17, 15) is 22.8 Å². The molecule has 0 saturated carbocycles. The smallest absolute Gasteiger partial charge is 0.433 e. The molecule has 1 aromatic carbocycles.